The van der Waals surface area contributed by atoms with Gasteiger partial charge in [-0.05, 0) is 25.0 Å². The van der Waals surface area contributed by atoms with E-state index in [0.29, 0.717) is 18.9 Å². The molecule has 14 heavy (non-hydrogen) atoms. The molecule has 1 fully saturated rings. The van der Waals surface area contributed by atoms with Gasteiger partial charge in [-0.2, -0.15) is 0 Å². The van der Waals surface area contributed by atoms with E-state index in [1.807, 2.05) is 0 Å². The normalized spacial score (nSPS) is 17.9. The molecule has 0 amide bonds. The Balaban J connectivity index is 1.92. The van der Waals surface area contributed by atoms with Crippen LogP contribution in [0.4, 0.5) is 4.39 Å². The molecule has 1 aliphatic rings. The zero-order valence-corrected chi connectivity index (χ0v) is 8.00. The van der Waals surface area contributed by atoms with Gasteiger partial charge in [0.15, 0.2) is 0 Å². The maximum atomic E-state index is 12.8. The molecule has 2 nitrogen and oxygen atoms in total. The average molecular weight is 195 g/mol. The maximum Gasteiger partial charge on any atom is 0.126 e. The molecule has 3 heteroatoms. The van der Waals surface area contributed by atoms with Gasteiger partial charge < -0.3 is 10.5 Å². The Kier molecular flexibility index (Phi) is 2.42. The highest BCUT2D eigenvalue weighted by atomic mass is 19.1. The second kappa shape index (κ2) is 3.58. The molecule has 1 saturated carbocycles. The molecule has 1 aromatic carbocycles. The van der Waals surface area contributed by atoms with Crippen molar-refractivity contribution in [2.75, 3.05) is 13.2 Å². The van der Waals surface area contributed by atoms with Crippen molar-refractivity contribution in [3.05, 3.63) is 30.1 Å². The van der Waals surface area contributed by atoms with E-state index in [2.05, 4.69) is 0 Å². The largest absolute Gasteiger partial charge is 0.493 e. The van der Waals surface area contributed by atoms with Crippen LogP contribution < -0.4 is 10.5 Å². The minimum Gasteiger partial charge on any atom is -0.493 e. The summed E-state index contributed by atoms with van der Waals surface area (Å²) >= 11 is 0. The van der Waals surface area contributed by atoms with Crippen molar-refractivity contribution in [3.8, 4) is 5.75 Å². The van der Waals surface area contributed by atoms with E-state index in [0.717, 1.165) is 12.8 Å². The summed E-state index contributed by atoms with van der Waals surface area (Å²) < 4.78 is 18.3. The van der Waals surface area contributed by atoms with Crippen molar-refractivity contribution in [2.24, 2.45) is 11.1 Å². The van der Waals surface area contributed by atoms with Crippen molar-refractivity contribution in [3.63, 3.8) is 0 Å². The van der Waals surface area contributed by atoms with Crippen molar-refractivity contribution in [1.29, 1.82) is 0 Å². The number of halogens is 1. The fourth-order valence-corrected chi connectivity index (χ4v) is 1.38. The lowest BCUT2D eigenvalue weighted by atomic mass is 10.1. The van der Waals surface area contributed by atoms with Gasteiger partial charge in [0, 0.05) is 18.0 Å². The van der Waals surface area contributed by atoms with Crippen LogP contribution in [0.2, 0.25) is 0 Å². The SMILES string of the molecule is NCC1(COc2cccc(F)c2)CC1. The summed E-state index contributed by atoms with van der Waals surface area (Å²) in [5.41, 5.74) is 5.78. The number of ether oxygens (including phenoxy) is 1. The molecular formula is C11H14FNO. The van der Waals surface area contributed by atoms with E-state index in [1.165, 1.54) is 12.1 Å². The predicted octanol–water partition coefficient (Wildman–Crippen LogP) is 1.94. The van der Waals surface area contributed by atoms with Gasteiger partial charge in [-0.3, -0.25) is 0 Å². The first-order chi connectivity index (χ1) is 6.74. The Bertz CT molecular complexity index is 323. The highest BCUT2D eigenvalue weighted by Crippen LogP contribution is 2.44. The summed E-state index contributed by atoms with van der Waals surface area (Å²) in [7, 11) is 0. The molecule has 0 heterocycles. The number of rotatable bonds is 4. The summed E-state index contributed by atoms with van der Waals surface area (Å²) in [5, 5.41) is 0. The van der Waals surface area contributed by atoms with Crippen LogP contribution in [0.1, 0.15) is 12.8 Å². The number of hydrogen-bond acceptors (Lipinski definition) is 2. The van der Waals surface area contributed by atoms with E-state index in [1.54, 1.807) is 12.1 Å². The molecule has 2 rings (SSSR count). The molecule has 1 aliphatic carbocycles. The van der Waals surface area contributed by atoms with Crippen LogP contribution in [0.5, 0.6) is 5.75 Å². The molecule has 0 unspecified atom stereocenters. The van der Waals surface area contributed by atoms with Gasteiger partial charge in [0.25, 0.3) is 0 Å². The quantitative estimate of drug-likeness (QED) is 0.796. The summed E-state index contributed by atoms with van der Waals surface area (Å²) in [5.74, 6) is 0.324. The molecule has 0 aromatic heterocycles. The van der Waals surface area contributed by atoms with E-state index < -0.39 is 0 Å². The fourth-order valence-electron chi connectivity index (χ4n) is 1.38. The highest BCUT2D eigenvalue weighted by molar-refractivity contribution is 5.22. The van der Waals surface area contributed by atoms with Crippen LogP contribution in [0.3, 0.4) is 0 Å². The lowest BCUT2D eigenvalue weighted by Gasteiger charge is -2.13. The summed E-state index contributed by atoms with van der Waals surface area (Å²) in [6.07, 6.45) is 2.25. The Morgan fingerprint density at radius 2 is 2.21 bits per heavy atom. The van der Waals surface area contributed by atoms with Gasteiger partial charge in [-0.1, -0.05) is 6.07 Å². The Morgan fingerprint density at radius 1 is 1.43 bits per heavy atom. The Hall–Kier alpha value is -1.09. The van der Waals surface area contributed by atoms with E-state index in [4.69, 9.17) is 10.5 Å². The van der Waals surface area contributed by atoms with Gasteiger partial charge in [-0.15, -0.1) is 0 Å². The smallest absolute Gasteiger partial charge is 0.126 e. The van der Waals surface area contributed by atoms with Crippen molar-refractivity contribution >= 4 is 0 Å². The summed E-state index contributed by atoms with van der Waals surface area (Å²) in [4.78, 5) is 0. The molecule has 0 radical (unpaired) electrons. The molecular weight excluding hydrogens is 181 g/mol. The van der Waals surface area contributed by atoms with Crippen LogP contribution >= 0.6 is 0 Å². The second-order valence-corrected chi connectivity index (χ2v) is 3.95. The zero-order valence-electron chi connectivity index (χ0n) is 8.00. The van der Waals surface area contributed by atoms with E-state index in [9.17, 15) is 4.39 Å². The van der Waals surface area contributed by atoms with Crippen molar-refractivity contribution in [1.82, 2.24) is 0 Å². The minimum atomic E-state index is -0.264. The molecule has 76 valence electrons. The number of benzene rings is 1. The minimum absolute atomic E-state index is 0.173. The van der Waals surface area contributed by atoms with E-state index >= 15 is 0 Å². The lowest BCUT2D eigenvalue weighted by Crippen LogP contribution is -2.22. The van der Waals surface area contributed by atoms with Gasteiger partial charge >= 0.3 is 0 Å². The molecule has 0 saturated heterocycles. The number of nitrogens with two attached hydrogens (primary N) is 1. The zero-order chi connectivity index (χ0) is 10.0. The molecule has 0 spiro atoms. The van der Waals surface area contributed by atoms with Gasteiger partial charge in [0.2, 0.25) is 0 Å². The number of hydrogen-bond donors (Lipinski definition) is 1. The fraction of sp³-hybridized carbons (Fsp3) is 0.455. The molecule has 0 aliphatic heterocycles. The van der Waals surface area contributed by atoms with Crippen LogP contribution in [-0.4, -0.2) is 13.2 Å². The van der Waals surface area contributed by atoms with Crippen LogP contribution in [0, 0.1) is 11.2 Å². The summed E-state index contributed by atoms with van der Waals surface area (Å²) in [6.45, 7) is 1.26. The first-order valence-electron chi connectivity index (χ1n) is 4.83. The summed E-state index contributed by atoms with van der Waals surface area (Å²) in [6, 6.07) is 6.21. The third-order valence-electron chi connectivity index (χ3n) is 2.73. The van der Waals surface area contributed by atoms with Gasteiger partial charge in [0.05, 0.1) is 6.61 Å². The topological polar surface area (TPSA) is 35.2 Å². The van der Waals surface area contributed by atoms with Gasteiger partial charge in [-0.25, -0.2) is 4.39 Å². The molecule has 1 aromatic rings. The first kappa shape index (κ1) is 9.46. The van der Waals surface area contributed by atoms with Gasteiger partial charge in [0.1, 0.15) is 11.6 Å². The monoisotopic (exact) mass is 195 g/mol. The lowest BCUT2D eigenvalue weighted by molar-refractivity contribution is 0.238. The molecule has 0 bridgehead atoms. The maximum absolute atomic E-state index is 12.8. The van der Waals surface area contributed by atoms with Crippen molar-refractivity contribution in [2.45, 2.75) is 12.8 Å². The average Bonchev–Trinajstić information content (AvgIpc) is 2.96. The molecule has 0 atom stereocenters. The van der Waals surface area contributed by atoms with Crippen LogP contribution in [0.25, 0.3) is 0 Å². The predicted molar refractivity (Wildman–Crippen MR) is 52.6 cm³/mol. The molecule has 2 N–H and O–H groups in total. The third kappa shape index (κ3) is 2.04. The third-order valence-corrected chi connectivity index (χ3v) is 2.73. The van der Waals surface area contributed by atoms with Crippen LogP contribution in [0.15, 0.2) is 24.3 Å². The van der Waals surface area contributed by atoms with E-state index in [-0.39, 0.29) is 11.2 Å². The Labute approximate surface area is 82.9 Å². The van der Waals surface area contributed by atoms with Crippen molar-refractivity contribution < 1.29 is 9.13 Å². The highest BCUT2D eigenvalue weighted by Gasteiger charge is 2.42. The standard InChI is InChI=1S/C11H14FNO/c12-9-2-1-3-10(6-9)14-8-11(7-13)4-5-11/h1-3,6H,4-5,7-8,13H2. The Morgan fingerprint density at radius 3 is 2.79 bits per heavy atom. The second-order valence-electron chi connectivity index (χ2n) is 3.95. The van der Waals surface area contributed by atoms with Crippen LogP contribution in [-0.2, 0) is 0 Å². The first-order valence-corrected chi connectivity index (χ1v) is 4.83.